The molecule has 0 bridgehead atoms. The molecule has 0 aliphatic heterocycles. The number of benzene rings is 2. The number of carbonyl (C=O) groups excluding carboxylic acids is 1. The molecule has 0 radical (unpaired) electrons. The Labute approximate surface area is 132 Å². The van der Waals surface area contributed by atoms with Crippen LogP contribution in [-0.2, 0) is 6.42 Å². The van der Waals surface area contributed by atoms with Gasteiger partial charge >= 0.3 is 0 Å². The fourth-order valence-electron chi connectivity index (χ4n) is 2.46. The number of carbonyl (C=O) groups is 1. The third-order valence-electron chi connectivity index (χ3n) is 3.41. The predicted octanol–water partition coefficient (Wildman–Crippen LogP) is 4.78. The normalized spacial score (nSPS) is 10.7. The van der Waals surface area contributed by atoms with E-state index in [2.05, 4.69) is 19.1 Å². The van der Waals surface area contributed by atoms with Gasteiger partial charge in [0.2, 0.25) is 0 Å². The third kappa shape index (κ3) is 3.26. The Morgan fingerprint density at radius 2 is 1.70 bits per heavy atom. The van der Waals surface area contributed by atoms with E-state index in [-0.39, 0.29) is 11.6 Å². The van der Waals surface area contributed by atoms with Crippen molar-refractivity contribution >= 4 is 28.4 Å². The van der Waals surface area contributed by atoms with E-state index in [1.54, 1.807) is 6.07 Å². The zero-order valence-electron chi connectivity index (χ0n) is 11.8. The molecule has 0 fully saturated rings. The van der Waals surface area contributed by atoms with Gasteiger partial charge < -0.3 is 0 Å². The molecule has 0 unspecified atom stereocenters. The molecule has 0 saturated carbocycles. The largest absolute Gasteiger partial charge is 0.294 e. The average Bonchev–Trinajstić information content (AvgIpc) is 2.33. The summed E-state index contributed by atoms with van der Waals surface area (Å²) in [5.41, 5.74) is 5.13. The molecule has 0 aliphatic rings. The van der Waals surface area contributed by atoms with Gasteiger partial charge in [-0.3, -0.25) is 4.79 Å². The highest BCUT2D eigenvalue weighted by atomic mass is 127. The van der Waals surface area contributed by atoms with Crippen molar-refractivity contribution in [2.75, 3.05) is 0 Å². The smallest absolute Gasteiger partial charge is 0.168 e. The quantitative estimate of drug-likeness (QED) is 0.552. The number of rotatable bonds is 3. The van der Waals surface area contributed by atoms with Crippen LogP contribution in [0.15, 0.2) is 30.3 Å². The van der Waals surface area contributed by atoms with Gasteiger partial charge in [0.05, 0.1) is 0 Å². The van der Waals surface area contributed by atoms with E-state index in [4.69, 9.17) is 0 Å². The van der Waals surface area contributed by atoms with E-state index in [1.807, 2.05) is 36.4 Å². The van der Waals surface area contributed by atoms with Crippen molar-refractivity contribution in [3.8, 4) is 0 Å². The lowest BCUT2D eigenvalue weighted by Crippen LogP contribution is -2.08. The average molecular weight is 382 g/mol. The molecule has 3 heteroatoms. The highest BCUT2D eigenvalue weighted by molar-refractivity contribution is 14.1. The van der Waals surface area contributed by atoms with E-state index in [0.717, 1.165) is 16.7 Å². The van der Waals surface area contributed by atoms with Crippen LogP contribution in [0.25, 0.3) is 0 Å². The molecule has 0 aromatic heterocycles. The molecular formula is C17H16FIO. The van der Waals surface area contributed by atoms with Crippen LogP contribution in [0.4, 0.5) is 4.39 Å². The maximum Gasteiger partial charge on any atom is 0.168 e. The molecular weight excluding hydrogens is 366 g/mol. The first-order chi connectivity index (χ1) is 9.38. The summed E-state index contributed by atoms with van der Waals surface area (Å²) < 4.78 is 13.8. The molecule has 0 spiro atoms. The molecule has 104 valence electrons. The van der Waals surface area contributed by atoms with Crippen LogP contribution in [0, 0.1) is 30.2 Å². The Bertz CT molecular complexity index is 654. The van der Waals surface area contributed by atoms with Crippen molar-refractivity contribution in [3.63, 3.8) is 0 Å². The van der Waals surface area contributed by atoms with Crippen molar-refractivity contribution in [1.29, 1.82) is 0 Å². The van der Waals surface area contributed by atoms with Crippen LogP contribution in [0.3, 0.4) is 0 Å². The number of ketones is 1. The number of hydrogen-bond acceptors (Lipinski definition) is 1. The first-order valence-corrected chi connectivity index (χ1v) is 7.51. The van der Waals surface area contributed by atoms with Crippen LogP contribution in [0.2, 0.25) is 0 Å². The summed E-state index contributed by atoms with van der Waals surface area (Å²) in [7, 11) is 0. The summed E-state index contributed by atoms with van der Waals surface area (Å²) >= 11 is 2.01. The van der Waals surface area contributed by atoms with Gasteiger partial charge in [-0.2, -0.15) is 0 Å². The minimum atomic E-state index is -0.311. The molecule has 2 aromatic carbocycles. The second kappa shape index (κ2) is 6.04. The number of aryl methyl sites for hydroxylation is 3. The van der Waals surface area contributed by atoms with Crippen LogP contribution < -0.4 is 0 Å². The lowest BCUT2D eigenvalue weighted by atomic mass is 9.94. The van der Waals surface area contributed by atoms with Crippen LogP contribution in [-0.4, -0.2) is 5.78 Å². The van der Waals surface area contributed by atoms with Gasteiger partial charge in [-0.05, 0) is 78.3 Å². The highest BCUT2D eigenvalue weighted by Gasteiger charge is 2.14. The van der Waals surface area contributed by atoms with Gasteiger partial charge in [0.25, 0.3) is 0 Å². The predicted molar refractivity (Wildman–Crippen MR) is 87.8 cm³/mol. The topological polar surface area (TPSA) is 17.1 Å². The van der Waals surface area contributed by atoms with E-state index >= 15 is 0 Å². The lowest BCUT2D eigenvalue weighted by Gasteiger charge is -2.11. The van der Waals surface area contributed by atoms with Gasteiger partial charge in [-0.1, -0.05) is 17.7 Å². The summed E-state index contributed by atoms with van der Waals surface area (Å²) in [6, 6.07) is 8.47. The van der Waals surface area contributed by atoms with E-state index in [1.165, 1.54) is 17.7 Å². The van der Waals surface area contributed by atoms with E-state index < -0.39 is 0 Å². The monoisotopic (exact) mass is 382 g/mol. The van der Waals surface area contributed by atoms with Gasteiger partial charge in [0, 0.05) is 15.6 Å². The van der Waals surface area contributed by atoms with Crippen LogP contribution >= 0.6 is 22.6 Å². The fourth-order valence-corrected chi connectivity index (χ4v) is 3.24. The summed E-state index contributed by atoms with van der Waals surface area (Å²) in [6.07, 6.45) is 0.361. The van der Waals surface area contributed by atoms with Crippen molar-refractivity contribution in [2.24, 2.45) is 0 Å². The third-order valence-corrected chi connectivity index (χ3v) is 4.30. The molecule has 0 saturated heterocycles. The second-order valence-corrected chi connectivity index (χ2v) is 6.26. The molecule has 2 aromatic rings. The van der Waals surface area contributed by atoms with E-state index in [0.29, 0.717) is 15.6 Å². The Hall–Kier alpha value is -1.23. The minimum Gasteiger partial charge on any atom is -0.294 e. The van der Waals surface area contributed by atoms with Crippen molar-refractivity contribution in [3.05, 3.63) is 67.5 Å². The maximum absolute atomic E-state index is 13.1. The zero-order valence-corrected chi connectivity index (χ0v) is 13.9. The standard InChI is InChI=1S/C17H16FIO/c1-10-6-11(2)15(12(3)7-10)9-17(20)14-5-4-13(18)8-16(14)19/h4-8H,9H2,1-3H3. The van der Waals surface area contributed by atoms with Gasteiger partial charge in [-0.15, -0.1) is 0 Å². The van der Waals surface area contributed by atoms with Gasteiger partial charge in [0.15, 0.2) is 5.78 Å². The molecule has 0 atom stereocenters. The van der Waals surface area contributed by atoms with Crippen LogP contribution in [0.5, 0.6) is 0 Å². The zero-order chi connectivity index (χ0) is 14.9. The summed E-state index contributed by atoms with van der Waals surface area (Å²) in [6.45, 7) is 6.10. The number of Topliss-reactive ketones (excluding diaryl/α,β-unsaturated/α-hetero) is 1. The Morgan fingerprint density at radius 1 is 1.10 bits per heavy atom. The minimum absolute atomic E-state index is 0.0319. The van der Waals surface area contributed by atoms with Crippen molar-refractivity contribution in [2.45, 2.75) is 27.2 Å². The Balaban J connectivity index is 2.33. The summed E-state index contributed by atoms with van der Waals surface area (Å²) in [5, 5.41) is 0. The molecule has 20 heavy (non-hydrogen) atoms. The SMILES string of the molecule is Cc1cc(C)c(CC(=O)c2ccc(F)cc2I)c(C)c1. The fraction of sp³-hybridized carbons (Fsp3) is 0.235. The molecule has 1 nitrogen and oxygen atoms in total. The number of halogens is 2. The number of hydrogen-bond donors (Lipinski definition) is 0. The Morgan fingerprint density at radius 3 is 2.25 bits per heavy atom. The maximum atomic E-state index is 13.1. The first kappa shape index (κ1) is 15.2. The van der Waals surface area contributed by atoms with Gasteiger partial charge in [-0.25, -0.2) is 4.39 Å². The molecule has 0 heterocycles. The van der Waals surface area contributed by atoms with Crippen molar-refractivity contribution in [1.82, 2.24) is 0 Å². The second-order valence-electron chi connectivity index (χ2n) is 5.10. The molecule has 0 amide bonds. The van der Waals surface area contributed by atoms with Crippen molar-refractivity contribution < 1.29 is 9.18 Å². The van der Waals surface area contributed by atoms with Crippen LogP contribution in [0.1, 0.15) is 32.6 Å². The molecule has 0 N–H and O–H groups in total. The molecule has 2 rings (SSSR count). The van der Waals surface area contributed by atoms with E-state index in [9.17, 15) is 9.18 Å². The molecule has 0 aliphatic carbocycles. The highest BCUT2D eigenvalue weighted by Crippen LogP contribution is 2.21. The first-order valence-electron chi connectivity index (χ1n) is 6.43. The Kier molecular flexibility index (Phi) is 4.58. The summed E-state index contributed by atoms with van der Waals surface area (Å²) in [4.78, 5) is 12.4. The van der Waals surface area contributed by atoms with Gasteiger partial charge in [0.1, 0.15) is 5.82 Å². The lowest BCUT2D eigenvalue weighted by molar-refractivity contribution is 0.0991. The summed E-state index contributed by atoms with van der Waals surface area (Å²) in [5.74, 6) is -0.280.